The number of fused-ring (bicyclic) bond motifs is 1. The molecule has 0 unspecified atom stereocenters. The number of oxazole rings is 1. The average Bonchev–Trinajstić information content (AvgIpc) is 2.75. The van der Waals surface area contributed by atoms with Gasteiger partial charge in [0.1, 0.15) is 11.3 Å². The maximum Gasteiger partial charge on any atom is 0.229 e. The summed E-state index contributed by atoms with van der Waals surface area (Å²) in [4.78, 5) is 4.26. The van der Waals surface area contributed by atoms with Crippen LogP contribution in [0.3, 0.4) is 0 Å². The van der Waals surface area contributed by atoms with Gasteiger partial charge in [-0.05, 0) is 30.7 Å². The average molecular weight is 242 g/mol. The summed E-state index contributed by atoms with van der Waals surface area (Å²) in [7, 11) is 0. The van der Waals surface area contributed by atoms with Gasteiger partial charge in [-0.2, -0.15) is 0 Å². The van der Waals surface area contributed by atoms with Gasteiger partial charge in [-0.3, -0.25) is 0 Å². The molecule has 0 saturated heterocycles. The number of nitrogens with two attached hydrogens (primary N) is 1. The first-order chi connectivity index (χ1) is 8.65. The molecule has 0 saturated carbocycles. The molecule has 0 aliphatic carbocycles. The molecule has 90 valence electrons. The topological polar surface area (TPSA) is 52.0 Å². The molecule has 3 nitrogen and oxygen atoms in total. The van der Waals surface area contributed by atoms with Crippen LogP contribution in [0.4, 0.5) is 10.1 Å². The van der Waals surface area contributed by atoms with E-state index in [-0.39, 0.29) is 5.82 Å². The van der Waals surface area contributed by atoms with Gasteiger partial charge in [-0.1, -0.05) is 12.1 Å². The lowest BCUT2D eigenvalue weighted by Crippen LogP contribution is -1.93. The Balaban J connectivity index is 2.22. The Hall–Kier alpha value is -2.36. The molecule has 2 aromatic carbocycles. The Morgan fingerprint density at radius 3 is 2.89 bits per heavy atom. The van der Waals surface area contributed by atoms with Crippen molar-refractivity contribution in [1.82, 2.24) is 4.98 Å². The van der Waals surface area contributed by atoms with Crippen molar-refractivity contribution in [3.8, 4) is 11.5 Å². The van der Waals surface area contributed by atoms with E-state index in [9.17, 15) is 4.39 Å². The fraction of sp³-hybridized carbons (Fsp3) is 0.0714. The highest BCUT2D eigenvalue weighted by atomic mass is 19.1. The van der Waals surface area contributed by atoms with Crippen molar-refractivity contribution in [1.29, 1.82) is 0 Å². The molecule has 0 spiro atoms. The number of nitrogens with zero attached hydrogens (tertiary/aromatic N) is 1. The molecular weight excluding hydrogens is 231 g/mol. The summed E-state index contributed by atoms with van der Waals surface area (Å²) in [5.74, 6) is 0.0800. The van der Waals surface area contributed by atoms with Gasteiger partial charge in [0.25, 0.3) is 0 Å². The number of hydrogen-bond acceptors (Lipinski definition) is 3. The van der Waals surface area contributed by atoms with E-state index < -0.39 is 0 Å². The Kier molecular flexibility index (Phi) is 2.30. The monoisotopic (exact) mass is 242 g/mol. The van der Waals surface area contributed by atoms with Gasteiger partial charge < -0.3 is 10.2 Å². The van der Waals surface area contributed by atoms with Gasteiger partial charge in [0.2, 0.25) is 5.89 Å². The molecule has 3 rings (SSSR count). The minimum Gasteiger partial charge on any atom is -0.436 e. The maximum atomic E-state index is 13.1. The number of aromatic nitrogens is 1. The summed E-state index contributed by atoms with van der Waals surface area (Å²) < 4.78 is 18.7. The highest BCUT2D eigenvalue weighted by molar-refractivity contribution is 5.80. The van der Waals surface area contributed by atoms with Crippen molar-refractivity contribution in [2.45, 2.75) is 6.92 Å². The van der Waals surface area contributed by atoms with Crippen LogP contribution in [0.5, 0.6) is 0 Å². The van der Waals surface area contributed by atoms with E-state index in [4.69, 9.17) is 10.2 Å². The fourth-order valence-electron chi connectivity index (χ4n) is 1.88. The van der Waals surface area contributed by atoms with Gasteiger partial charge in [0, 0.05) is 11.8 Å². The molecule has 4 heteroatoms. The van der Waals surface area contributed by atoms with Crippen molar-refractivity contribution >= 4 is 16.8 Å². The number of hydrogen-bond donors (Lipinski definition) is 1. The number of anilines is 1. The van der Waals surface area contributed by atoms with Crippen molar-refractivity contribution < 1.29 is 8.81 Å². The number of aryl methyl sites for hydroxylation is 1. The predicted octanol–water partition coefficient (Wildman–Crippen LogP) is 3.52. The zero-order valence-electron chi connectivity index (χ0n) is 9.77. The normalized spacial score (nSPS) is 11.0. The predicted molar refractivity (Wildman–Crippen MR) is 68.6 cm³/mol. The van der Waals surface area contributed by atoms with Crippen LogP contribution < -0.4 is 5.73 Å². The van der Waals surface area contributed by atoms with Gasteiger partial charge in [-0.25, -0.2) is 9.37 Å². The lowest BCUT2D eigenvalue weighted by molar-refractivity contribution is 0.614. The van der Waals surface area contributed by atoms with Gasteiger partial charge in [0.15, 0.2) is 5.58 Å². The molecule has 3 aromatic rings. The second-order valence-electron chi connectivity index (χ2n) is 4.17. The summed E-state index contributed by atoms with van der Waals surface area (Å²) in [6.45, 7) is 1.92. The summed E-state index contributed by atoms with van der Waals surface area (Å²) in [6, 6.07) is 9.89. The maximum absolute atomic E-state index is 13.1. The van der Waals surface area contributed by atoms with Crippen molar-refractivity contribution in [2.75, 3.05) is 5.73 Å². The van der Waals surface area contributed by atoms with Crippen LogP contribution in [-0.4, -0.2) is 4.98 Å². The Bertz CT molecular complexity index is 734. The van der Waals surface area contributed by atoms with Crippen LogP contribution in [0.15, 0.2) is 40.8 Å². The number of para-hydroxylation sites is 1. The lowest BCUT2D eigenvalue weighted by atomic mass is 10.1. The number of rotatable bonds is 1. The SMILES string of the molecule is Cc1cccc(-c2nc3cc(F)ccc3o2)c1N. The third kappa shape index (κ3) is 1.62. The van der Waals surface area contributed by atoms with Crippen LogP contribution in [0, 0.1) is 12.7 Å². The van der Waals surface area contributed by atoms with Crippen molar-refractivity contribution in [3.05, 3.63) is 47.8 Å². The van der Waals surface area contributed by atoms with Crippen LogP contribution in [0.1, 0.15) is 5.56 Å². The minimum absolute atomic E-state index is 0.334. The van der Waals surface area contributed by atoms with Crippen LogP contribution in [0.2, 0.25) is 0 Å². The van der Waals surface area contributed by atoms with Crippen LogP contribution in [0.25, 0.3) is 22.6 Å². The molecule has 0 bridgehead atoms. The molecule has 0 aliphatic heterocycles. The molecule has 18 heavy (non-hydrogen) atoms. The largest absolute Gasteiger partial charge is 0.436 e. The lowest BCUT2D eigenvalue weighted by Gasteiger charge is -2.03. The van der Waals surface area contributed by atoms with Gasteiger partial charge in [-0.15, -0.1) is 0 Å². The zero-order chi connectivity index (χ0) is 12.7. The van der Waals surface area contributed by atoms with Gasteiger partial charge in [0.05, 0.1) is 5.56 Å². The van der Waals surface area contributed by atoms with Crippen LogP contribution in [-0.2, 0) is 0 Å². The van der Waals surface area contributed by atoms with E-state index in [1.165, 1.54) is 12.1 Å². The molecular formula is C14H11FN2O. The zero-order valence-corrected chi connectivity index (χ0v) is 9.77. The van der Waals surface area contributed by atoms with Crippen LogP contribution >= 0.6 is 0 Å². The summed E-state index contributed by atoms with van der Waals surface area (Å²) >= 11 is 0. The third-order valence-corrected chi connectivity index (χ3v) is 2.90. The summed E-state index contributed by atoms with van der Waals surface area (Å²) in [5.41, 5.74) is 9.35. The van der Waals surface area contributed by atoms with Crippen molar-refractivity contribution in [2.24, 2.45) is 0 Å². The highest BCUT2D eigenvalue weighted by Crippen LogP contribution is 2.30. The molecule has 0 amide bonds. The highest BCUT2D eigenvalue weighted by Gasteiger charge is 2.12. The second-order valence-corrected chi connectivity index (χ2v) is 4.17. The first kappa shape index (κ1) is 10.8. The first-order valence-electron chi connectivity index (χ1n) is 5.57. The quantitative estimate of drug-likeness (QED) is 0.664. The molecule has 0 aliphatic rings. The van der Waals surface area contributed by atoms with E-state index in [0.717, 1.165) is 11.1 Å². The summed E-state index contributed by atoms with van der Waals surface area (Å²) in [6.07, 6.45) is 0. The Morgan fingerprint density at radius 1 is 1.22 bits per heavy atom. The molecule has 2 N–H and O–H groups in total. The van der Waals surface area contributed by atoms with E-state index in [2.05, 4.69) is 4.98 Å². The number of nitrogen functional groups attached to an aromatic ring is 1. The summed E-state index contributed by atoms with van der Waals surface area (Å²) in [5, 5.41) is 0. The van der Waals surface area contributed by atoms with E-state index in [1.807, 2.05) is 25.1 Å². The number of halogens is 1. The van der Waals surface area contributed by atoms with Gasteiger partial charge >= 0.3 is 0 Å². The molecule has 1 aromatic heterocycles. The number of benzene rings is 2. The third-order valence-electron chi connectivity index (χ3n) is 2.90. The van der Waals surface area contributed by atoms with Crippen molar-refractivity contribution in [3.63, 3.8) is 0 Å². The Labute approximate surface area is 103 Å². The van der Waals surface area contributed by atoms with E-state index >= 15 is 0 Å². The molecule has 0 fully saturated rings. The standard InChI is InChI=1S/C14H11FN2O/c1-8-3-2-4-10(13(8)16)14-17-11-7-9(15)5-6-12(11)18-14/h2-7H,16H2,1H3. The second kappa shape index (κ2) is 3.84. The molecule has 1 heterocycles. The van der Waals surface area contributed by atoms with E-state index in [0.29, 0.717) is 22.7 Å². The Morgan fingerprint density at radius 2 is 2.06 bits per heavy atom. The molecule has 0 atom stereocenters. The minimum atomic E-state index is -0.334. The smallest absolute Gasteiger partial charge is 0.229 e. The fourth-order valence-corrected chi connectivity index (χ4v) is 1.88. The molecule has 0 radical (unpaired) electrons. The van der Waals surface area contributed by atoms with E-state index in [1.54, 1.807) is 6.07 Å². The first-order valence-corrected chi connectivity index (χ1v) is 5.57.